The molecule has 0 spiro atoms. The molecular formula is C22H17ClN2O2S2. The van der Waals surface area contributed by atoms with Gasteiger partial charge in [-0.15, -0.1) is 11.3 Å². The van der Waals surface area contributed by atoms with Crippen molar-refractivity contribution < 1.29 is 8.42 Å². The van der Waals surface area contributed by atoms with Gasteiger partial charge in [-0.05, 0) is 64.5 Å². The van der Waals surface area contributed by atoms with Crippen LogP contribution in [0.4, 0.5) is 0 Å². The maximum absolute atomic E-state index is 12.8. The van der Waals surface area contributed by atoms with Crippen molar-refractivity contribution in [2.45, 2.75) is 11.4 Å². The van der Waals surface area contributed by atoms with E-state index in [1.54, 1.807) is 47.9 Å². The number of aromatic nitrogens is 1. The topological polar surface area (TPSA) is 59.1 Å². The van der Waals surface area contributed by atoms with Gasteiger partial charge in [-0.25, -0.2) is 13.1 Å². The van der Waals surface area contributed by atoms with Crippen LogP contribution in [-0.2, 0) is 16.6 Å². The Morgan fingerprint density at radius 2 is 1.76 bits per heavy atom. The molecule has 4 aromatic rings. The van der Waals surface area contributed by atoms with Gasteiger partial charge in [-0.2, -0.15) is 0 Å². The molecule has 1 N–H and O–H groups in total. The van der Waals surface area contributed by atoms with Crippen molar-refractivity contribution in [3.8, 4) is 21.7 Å². The molecule has 7 heteroatoms. The first-order valence-corrected chi connectivity index (χ1v) is 11.6. The largest absolute Gasteiger partial charge is 0.255 e. The first kappa shape index (κ1) is 19.8. The van der Waals surface area contributed by atoms with Crippen molar-refractivity contribution in [2.75, 3.05) is 0 Å². The molecule has 29 heavy (non-hydrogen) atoms. The minimum absolute atomic E-state index is 0.189. The molecular weight excluding hydrogens is 424 g/mol. The smallest absolute Gasteiger partial charge is 0.240 e. The average Bonchev–Trinajstić information content (AvgIpc) is 3.28. The summed E-state index contributed by atoms with van der Waals surface area (Å²) in [5, 5.41) is 2.62. The Morgan fingerprint density at radius 1 is 0.931 bits per heavy atom. The van der Waals surface area contributed by atoms with Gasteiger partial charge in [0.05, 0.1) is 15.5 Å². The maximum Gasteiger partial charge on any atom is 0.240 e. The first-order valence-electron chi connectivity index (χ1n) is 8.86. The number of benzene rings is 2. The molecule has 0 amide bonds. The Morgan fingerprint density at radius 3 is 2.52 bits per heavy atom. The summed E-state index contributed by atoms with van der Waals surface area (Å²) in [4.78, 5) is 5.63. The number of pyridine rings is 1. The summed E-state index contributed by atoms with van der Waals surface area (Å²) in [6.07, 6.45) is 1.69. The zero-order valence-corrected chi connectivity index (χ0v) is 17.6. The Kier molecular flexibility index (Phi) is 5.78. The lowest BCUT2D eigenvalue weighted by Crippen LogP contribution is -2.23. The third-order valence-electron chi connectivity index (χ3n) is 4.39. The van der Waals surface area contributed by atoms with E-state index in [0.29, 0.717) is 5.02 Å². The van der Waals surface area contributed by atoms with Crippen LogP contribution < -0.4 is 4.72 Å². The van der Waals surface area contributed by atoms with E-state index in [0.717, 1.165) is 27.3 Å². The lowest BCUT2D eigenvalue weighted by molar-refractivity contribution is 0.581. The third-order valence-corrected chi connectivity index (χ3v) is 6.93. The molecule has 4 nitrogen and oxygen atoms in total. The number of nitrogens with zero attached hydrogens (tertiary/aromatic N) is 1. The van der Waals surface area contributed by atoms with E-state index in [4.69, 9.17) is 11.6 Å². The summed E-state index contributed by atoms with van der Waals surface area (Å²) in [7, 11) is -3.66. The standard InChI is InChI=1S/C22H17ClN2O2S2/c23-19-8-6-17(7-9-19)18-3-1-4-20(14-18)29(26,27)25-15-16-10-11-24-21(13-16)22-5-2-12-28-22/h1-14,25H,15H2. The van der Waals surface area contributed by atoms with E-state index < -0.39 is 10.0 Å². The number of halogens is 1. The van der Waals surface area contributed by atoms with Gasteiger partial charge in [-0.3, -0.25) is 4.98 Å². The molecule has 0 atom stereocenters. The summed E-state index contributed by atoms with van der Waals surface area (Å²) in [6.45, 7) is 0.189. The number of rotatable bonds is 6. The SMILES string of the molecule is O=S(=O)(NCc1ccnc(-c2cccs2)c1)c1cccc(-c2ccc(Cl)cc2)c1. The van der Waals surface area contributed by atoms with Crippen LogP contribution in [0.25, 0.3) is 21.7 Å². The quantitative estimate of drug-likeness (QED) is 0.424. The lowest BCUT2D eigenvalue weighted by atomic mass is 10.1. The van der Waals surface area contributed by atoms with Gasteiger partial charge in [0.1, 0.15) is 0 Å². The molecule has 0 bridgehead atoms. The first-order chi connectivity index (χ1) is 14.0. The van der Waals surface area contributed by atoms with Crippen LogP contribution in [0.5, 0.6) is 0 Å². The van der Waals surface area contributed by atoms with E-state index in [9.17, 15) is 8.42 Å². The number of thiophene rings is 1. The van der Waals surface area contributed by atoms with Crippen molar-refractivity contribution >= 4 is 33.0 Å². The fourth-order valence-electron chi connectivity index (χ4n) is 2.89. The number of hydrogen-bond acceptors (Lipinski definition) is 4. The molecule has 146 valence electrons. The number of nitrogens with one attached hydrogen (secondary N) is 1. The molecule has 0 saturated heterocycles. The molecule has 0 saturated carbocycles. The van der Waals surface area contributed by atoms with Crippen molar-refractivity contribution in [3.63, 3.8) is 0 Å². The summed E-state index contributed by atoms with van der Waals surface area (Å²) in [5.41, 5.74) is 3.40. The van der Waals surface area contributed by atoms with Gasteiger partial charge in [-0.1, -0.05) is 41.9 Å². The van der Waals surface area contributed by atoms with Crippen LogP contribution in [0, 0.1) is 0 Å². The summed E-state index contributed by atoms with van der Waals surface area (Å²) >= 11 is 7.53. The Bertz CT molecular complexity index is 1220. The van der Waals surface area contributed by atoms with Crippen LogP contribution in [0.3, 0.4) is 0 Å². The van der Waals surface area contributed by atoms with E-state index in [1.807, 2.05) is 47.8 Å². The molecule has 0 aliphatic rings. The minimum Gasteiger partial charge on any atom is -0.255 e. The normalized spacial score (nSPS) is 11.5. The van der Waals surface area contributed by atoms with Crippen molar-refractivity contribution in [2.24, 2.45) is 0 Å². The van der Waals surface area contributed by atoms with Gasteiger partial charge in [0.25, 0.3) is 0 Å². The van der Waals surface area contributed by atoms with Crippen LogP contribution in [0.1, 0.15) is 5.56 Å². The summed E-state index contributed by atoms with van der Waals surface area (Å²) < 4.78 is 28.3. The molecule has 0 radical (unpaired) electrons. The van der Waals surface area contributed by atoms with Gasteiger partial charge in [0, 0.05) is 17.8 Å². The second-order valence-corrected chi connectivity index (χ2v) is 9.54. The van der Waals surface area contributed by atoms with E-state index in [1.165, 1.54) is 0 Å². The second-order valence-electron chi connectivity index (χ2n) is 6.39. The predicted molar refractivity (Wildman–Crippen MR) is 118 cm³/mol. The van der Waals surface area contributed by atoms with Gasteiger partial charge >= 0.3 is 0 Å². The highest BCUT2D eigenvalue weighted by atomic mass is 35.5. The highest BCUT2D eigenvalue weighted by Crippen LogP contribution is 2.25. The summed E-state index contributed by atoms with van der Waals surface area (Å²) in [5.74, 6) is 0. The minimum atomic E-state index is -3.66. The van der Waals surface area contributed by atoms with E-state index >= 15 is 0 Å². The van der Waals surface area contributed by atoms with Gasteiger partial charge in [0.15, 0.2) is 0 Å². The van der Waals surface area contributed by atoms with Gasteiger partial charge in [0.2, 0.25) is 10.0 Å². The van der Waals surface area contributed by atoms with E-state index in [-0.39, 0.29) is 11.4 Å². The fourth-order valence-corrected chi connectivity index (χ4v) is 4.77. The highest BCUT2D eigenvalue weighted by Gasteiger charge is 2.15. The highest BCUT2D eigenvalue weighted by molar-refractivity contribution is 7.89. The van der Waals surface area contributed by atoms with Crippen LogP contribution >= 0.6 is 22.9 Å². The Hall–Kier alpha value is -2.51. The molecule has 0 fully saturated rings. The molecule has 2 aromatic carbocycles. The monoisotopic (exact) mass is 440 g/mol. The van der Waals surface area contributed by atoms with Crippen molar-refractivity contribution in [1.82, 2.24) is 9.71 Å². The van der Waals surface area contributed by atoms with Crippen LogP contribution in [0.2, 0.25) is 5.02 Å². The van der Waals surface area contributed by atoms with Crippen LogP contribution in [0.15, 0.2) is 89.3 Å². The molecule has 0 aliphatic heterocycles. The Labute approximate surface area is 178 Å². The fraction of sp³-hybridized carbons (Fsp3) is 0.0455. The van der Waals surface area contributed by atoms with Gasteiger partial charge < -0.3 is 0 Å². The van der Waals surface area contributed by atoms with Crippen molar-refractivity contribution in [3.05, 3.63) is 95.0 Å². The molecule has 2 aromatic heterocycles. The molecule has 0 unspecified atom stereocenters. The third kappa shape index (κ3) is 4.74. The molecule has 0 aliphatic carbocycles. The number of sulfonamides is 1. The molecule has 2 heterocycles. The zero-order chi connectivity index (χ0) is 20.3. The summed E-state index contributed by atoms with van der Waals surface area (Å²) in [6, 6.07) is 21.8. The average molecular weight is 441 g/mol. The molecule has 4 rings (SSSR count). The number of hydrogen-bond donors (Lipinski definition) is 1. The van der Waals surface area contributed by atoms with Crippen molar-refractivity contribution in [1.29, 1.82) is 0 Å². The Balaban J connectivity index is 1.53. The second kappa shape index (κ2) is 8.47. The lowest BCUT2D eigenvalue weighted by Gasteiger charge is -2.09. The maximum atomic E-state index is 12.8. The zero-order valence-electron chi connectivity index (χ0n) is 15.2. The predicted octanol–water partition coefficient (Wildman–Crippen LogP) is 5.61. The van der Waals surface area contributed by atoms with E-state index in [2.05, 4.69) is 9.71 Å². The van der Waals surface area contributed by atoms with Crippen LogP contribution in [-0.4, -0.2) is 13.4 Å².